The van der Waals surface area contributed by atoms with Crippen LogP contribution >= 0.6 is 0 Å². The Morgan fingerprint density at radius 1 is 0.788 bits per heavy atom. The van der Waals surface area contributed by atoms with Crippen molar-refractivity contribution in [1.82, 2.24) is 0 Å². The fourth-order valence-corrected chi connectivity index (χ4v) is 4.67. The van der Waals surface area contributed by atoms with E-state index in [1.165, 1.54) is 76.0 Å². The molecule has 7 heteroatoms. The zero-order chi connectivity index (χ0) is 23.2. The second-order valence-electron chi connectivity index (χ2n) is 8.42. The zero-order valence-electron chi connectivity index (χ0n) is 20.2. The van der Waals surface area contributed by atoms with Gasteiger partial charge in [-0.1, -0.05) is 95.8 Å². The van der Waals surface area contributed by atoms with Crippen molar-refractivity contribution in [3.63, 3.8) is 0 Å². The Labute approximate surface area is 242 Å². The minimum Gasteiger partial charge on any atom is -0.872 e. The second-order valence-corrected chi connectivity index (χ2v) is 9.81. The third-order valence-electron chi connectivity index (χ3n) is 5.70. The molecule has 0 aliphatic carbocycles. The van der Waals surface area contributed by atoms with Gasteiger partial charge in [-0.25, -0.2) is 0 Å². The summed E-state index contributed by atoms with van der Waals surface area (Å²) in [6.45, 7) is 2.24. The summed E-state index contributed by atoms with van der Waals surface area (Å²) in [4.78, 5) is -0.112. The van der Waals surface area contributed by atoms with Crippen molar-refractivity contribution < 1.29 is 74.2 Å². The molecule has 0 aromatic heterocycles. The Balaban J connectivity index is 0.00000544. The number of hydrogen-bond acceptors (Lipinski definition) is 4. The SMILES string of the molecule is CCCCCCCCCCCCCCc1c(Oc2ccc([O-])cc2)cccc1S(=O)(=O)O.[K+]. The molecule has 0 atom stereocenters. The summed E-state index contributed by atoms with van der Waals surface area (Å²) < 4.78 is 39.3. The van der Waals surface area contributed by atoms with Gasteiger partial charge >= 0.3 is 51.4 Å². The molecule has 0 spiro atoms. The molecule has 33 heavy (non-hydrogen) atoms. The molecule has 0 bridgehead atoms. The third-order valence-corrected chi connectivity index (χ3v) is 6.64. The Bertz CT molecular complexity index is 897. The molecule has 2 aromatic rings. The Hall–Kier alpha value is -0.414. The van der Waals surface area contributed by atoms with Crippen molar-refractivity contribution in [3.05, 3.63) is 48.0 Å². The van der Waals surface area contributed by atoms with Gasteiger partial charge < -0.3 is 9.84 Å². The monoisotopic (exact) mass is 500 g/mol. The summed E-state index contributed by atoms with van der Waals surface area (Å²) in [7, 11) is -4.35. The third kappa shape index (κ3) is 12.2. The molecule has 0 fully saturated rings. The van der Waals surface area contributed by atoms with Crippen molar-refractivity contribution >= 4 is 10.1 Å². The van der Waals surface area contributed by atoms with E-state index in [0.717, 1.165) is 19.3 Å². The van der Waals surface area contributed by atoms with E-state index < -0.39 is 10.1 Å². The minimum absolute atomic E-state index is 0. The predicted octanol–water partition coefficient (Wildman–Crippen LogP) is 4.05. The van der Waals surface area contributed by atoms with Crippen molar-refractivity contribution in [2.24, 2.45) is 0 Å². The molecule has 5 nitrogen and oxygen atoms in total. The molecule has 0 amide bonds. The first-order valence-corrected chi connectivity index (χ1v) is 13.4. The number of rotatable bonds is 16. The fraction of sp³-hybridized carbons (Fsp3) is 0.538. The molecule has 0 heterocycles. The van der Waals surface area contributed by atoms with E-state index in [2.05, 4.69) is 6.92 Å². The van der Waals surface area contributed by atoms with Gasteiger partial charge in [0.2, 0.25) is 0 Å². The van der Waals surface area contributed by atoms with Crippen LogP contribution in [0.4, 0.5) is 0 Å². The van der Waals surface area contributed by atoms with Crippen LogP contribution in [0.2, 0.25) is 0 Å². The maximum atomic E-state index is 11.9. The average molecular weight is 501 g/mol. The van der Waals surface area contributed by atoms with E-state index in [4.69, 9.17) is 4.74 Å². The first kappa shape index (κ1) is 30.6. The first-order chi connectivity index (χ1) is 15.4. The van der Waals surface area contributed by atoms with Gasteiger partial charge in [-0.05, 0) is 37.1 Å². The predicted molar refractivity (Wildman–Crippen MR) is 127 cm³/mol. The molecule has 0 saturated carbocycles. The molecule has 2 aromatic carbocycles. The maximum absolute atomic E-state index is 11.9. The maximum Gasteiger partial charge on any atom is 1.00 e. The number of unbranched alkanes of at least 4 members (excludes halogenated alkanes) is 11. The van der Waals surface area contributed by atoms with Crippen LogP contribution < -0.4 is 61.2 Å². The smallest absolute Gasteiger partial charge is 0.872 e. The average Bonchev–Trinajstić information content (AvgIpc) is 2.76. The summed E-state index contributed by atoms with van der Waals surface area (Å²) in [6, 6.07) is 10.5. The van der Waals surface area contributed by atoms with Crippen LogP contribution in [0.15, 0.2) is 47.4 Å². The van der Waals surface area contributed by atoms with Gasteiger partial charge in [0.05, 0.1) is 0 Å². The Morgan fingerprint density at radius 3 is 1.82 bits per heavy atom. The first-order valence-electron chi connectivity index (χ1n) is 12.0. The Kier molecular flexibility index (Phi) is 15.9. The van der Waals surface area contributed by atoms with Crippen LogP contribution in [-0.2, 0) is 16.5 Å². The van der Waals surface area contributed by atoms with E-state index in [1.807, 2.05) is 0 Å². The van der Waals surface area contributed by atoms with Gasteiger partial charge in [0, 0.05) is 5.56 Å². The van der Waals surface area contributed by atoms with Crippen LogP contribution in [-0.4, -0.2) is 13.0 Å². The van der Waals surface area contributed by atoms with E-state index >= 15 is 0 Å². The van der Waals surface area contributed by atoms with E-state index in [-0.39, 0.29) is 62.0 Å². The molecular weight excluding hydrogens is 463 g/mol. The fourth-order valence-electron chi connectivity index (χ4n) is 3.91. The van der Waals surface area contributed by atoms with Crippen LogP contribution in [0, 0.1) is 0 Å². The summed E-state index contributed by atoms with van der Waals surface area (Å²) in [5.41, 5.74) is 0.480. The molecule has 0 unspecified atom stereocenters. The van der Waals surface area contributed by atoms with Crippen LogP contribution in [0.5, 0.6) is 17.2 Å². The quantitative estimate of drug-likeness (QED) is 0.213. The molecule has 2 rings (SSSR count). The standard InChI is InChI=1S/C26H38O5S.K/c1-2-3-4-5-6-7-8-9-10-11-12-13-15-24-25(16-14-17-26(24)32(28,29)30)31-23-20-18-22(27)19-21-23;/h14,16-21,27H,2-13,15H2,1H3,(H,28,29,30);/q;+1/p-1. The van der Waals surface area contributed by atoms with Crippen LogP contribution in [0.3, 0.4) is 0 Å². The molecule has 178 valence electrons. The molecule has 1 N–H and O–H groups in total. The van der Waals surface area contributed by atoms with Gasteiger partial charge in [0.1, 0.15) is 16.4 Å². The second kappa shape index (κ2) is 17.1. The zero-order valence-corrected chi connectivity index (χ0v) is 24.2. The van der Waals surface area contributed by atoms with E-state index in [9.17, 15) is 18.1 Å². The number of ether oxygens (including phenoxy) is 1. The summed E-state index contributed by atoms with van der Waals surface area (Å²) in [5, 5.41) is 11.3. The van der Waals surface area contributed by atoms with Crippen molar-refractivity contribution in [2.45, 2.75) is 95.3 Å². The summed E-state index contributed by atoms with van der Waals surface area (Å²) >= 11 is 0. The number of hydrogen-bond donors (Lipinski definition) is 1. The van der Waals surface area contributed by atoms with Gasteiger partial charge in [-0.2, -0.15) is 8.42 Å². The Morgan fingerprint density at radius 2 is 1.30 bits per heavy atom. The molecule has 0 radical (unpaired) electrons. The van der Waals surface area contributed by atoms with Crippen LogP contribution in [0.25, 0.3) is 0 Å². The van der Waals surface area contributed by atoms with Gasteiger partial charge in [0.15, 0.2) is 0 Å². The van der Waals surface area contributed by atoms with Crippen molar-refractivity contribution in [1.29, 1.82) is 0 Å². The van der Waals surface area contributed by atoms with Gasteiger partial charge in [0.25, 0.3) is 10.1 Å². The largest absolute Gasteiger partial charge is 1.00 e. The molecule has 0 saturated heterocycles. The minimum atomic E-state index is -4.35. The molecular formula is C26H37KO5S. The normalized spacial score (nSPS) is 11.2. The van der Waals surface area contributed by atoms with Gasteiger partial charge in [-0.3, -0.25) is 4.55 Å². The summed E-state index contributed by atoms with van der Waals surface area (Å²) in [6.07, 6.45) is 15.2. The van der Waals surface area contributed by atoms with E-state index in [0.29, 0.717) is 23.5 Å². The molecule has 0 aliphatic rings. The summed E-state index contributed by atoms with van der Waals surface area (Å²) in [5.74, 6) is 0.718. The van der Waals surface area contributed by atoms with E-state index in [1.54, 1.807) is 24.3 Å². The molecule has 0 aliphatic heterocycles. The van der Waals surface area contributed by atoms with Gasteiger partial charge in [-0.15, -0.1) is 5.75 Å². The van der Waals surface area contributed by atoms with Crippen molar-refractivity contribution in [3.8, 4) is 17.2 Å². The van der Waals surface area contributed by atoms with Crippen LogP contribution in [0.1, 0.15) is 89.5 Å². The topological polar surface area (TPSA) is 86.7 Å². The number of benzene rings is 2. The van der Waals surface area contributed by atoms with Crippen molar-refractivity contribution in [2.75, 3.05) is 0 Å².